The molecule has 0 amide bonds. The molecule has 3 aliphatic rings. The van der Waals surface area contributed by atoms with Gasteiger partial charge in [-0.3, -0.25) is 0 Å². The largest absolute Gasteiger partial charge is 0.381 e. The number of benzene rings is 7. The van der Waals surface area contributed by atoms with Crippen LogP contribution in [-0.2, 0) is 0 Å². The minimum Gasteiger partial charge on any atom is -0.381 e. The van der Waals surface area contributed by atoms with E-state index in [9.17, 15) is 0 Å². The van der Waals surface area contributed by atoms with Gasteiger partial charge in [-0.15, -0.1) is 0 Å². The van der Waals surface area contributed by atoms with Gasteiger partial charge in [0, 0.05) is 51.4 Å². The van der Waals surface area contributed by atoms with E-state index in [1.54, 1.807) is 0 Å². The number of hydrogen-bond acceptors (Lipinski definition) is 2. The summed E-state index contributed by atoms with van der Waals surface area (Å²) in [5.41, 5.74) is 18.7. The first-order chi connectivity index (χ1) is 26.8. The Kier molecular flexibility index (Phi) is 7.06. The number of nitrogens with one attached hydrogen (secondary N) is 1. The van der Waals surface area contributed by atoms with Crippen LogP contribution in [0, 0.1) is 0 Å². The van der Waals surface area contributed by atoms with Crippen molar-refractivity contribution in [1.82, 2.24) is 4.57 Å². The van der Waals surface area contributed by atoms with Crippen LogP contribution in [0.5, 0.6) is 0 Å². The van der Waals surface area contributed by atoms with E-state index in [-0.39, 0.29) is 0 Å². The molecule has 0 bridgehead atoms. The molecule has 0 radical (unpaired) electrons. The molecule has 1 N–H and O–H groups in total. The number of para-hydroxylation sites is 3. The molecule has 3 heterocycles. The van der Waals surface area contributed by atoms with Gasteiger partial charge in [-0.1, -0.05) is 127 Å². The van der Waals surface area contributed by atoms with Gasteiger partial charge in [-0.05, 0) is 106 Å². The molecular formula is C51H37N3. The summed E-state index contributed by atoms with van der Waals surface area (Å²) in [6, 6.07) is 60.2. The third-order valence-corrected chi connectivity index (χ3v) is 11.4. The zero-order chi connectivity index (χ0) is 35.6. The lowest BCUT2D eigenvalue weighted by atomic mass is 9.91. The van der Waals surface area contributed by atoms with Crippen molar-refractivity contribution in [3.63, 3.8) is 0 Å². The molecule has 7 aromatic carbocycles. The maximum absolute atomic E-state index is 3.52. The maximum Gasteiger partial charge on any atom is 0.0638 e. The highest BCUT2D eigenvalue weighted by atomic mass is 15.2. The van der Waals surface area contributed by atoms with Crippen LogP contribution in [-0.4, -0.2) is 11.1 Å². The molecule has 0 saturated heterocycles. The molecule has 0 fully saturated rings. The number of rotatable bonds is 4. The van der Waals surface area contributed by atoms with Crippen molar-refractivity contribution in [2.24, 2.45) is 0 Å². The summed E-state index contributed by atoms with van der Waals surface area (Å²) >= 11 is 0. The summed E-state index contributed by atoms with van der Waals surface area (Å²) in [5, 5.41) is 7.28. The third kappa shape index (κ3) is 4.82. The Morgan fingerprint density at radius 1 is 0.556 bits per heavy atom. The molecule has 0 unspecified atom stereocenters. The number of nitrogens with zero attached hydrogens (tertiary/aromatic N) is 2. The standard InChI is InChI=1S/C51H37N3/c1-2-12-34(13-3-1)35-24-27-39(28-25-35)54-48-20-10-6-16-44(48)50-43-15-5-9-19-47(43)53(49-21-11-7-17-45(49)51(50)54)40-29-26-36-32-38(23-22-37(36)33-40)41-30-31-52-46-18-8-4-14-42(41)46/h1-4,6-14,16-30,32-33,52H,5,15,31H2. The van der Waals surface area contributed by atoms with Crippen molar-refractivity contribution in [2.45, 2.75) is 12.8 Å². The summed E-state index contributed by atoms with van der Waals surface area (Å²) in [6.45, 7) is 0.835. The van der Waals surface area contributed by atoms with E-state index in [0.29, 0.717) is 0 Å². The van der Waals surface area contributed by atoms with Crippen LogP contribution in [0.1, 0.15) is 29.5 Å². The Balaban J connectivity index is 1.09. The summed E-state index contributed by atoms with van der Waals surface area (Å²) in [4.78, 5) is 2.51. The highest BCUT2D eigenvalue weighted by Crippen LogP contribution is 2.52. The van der Waals surface area contributed by atoms with Crippen LogP contribution in [0.3, 0.4) is 0 Å². The van der Waals surface area contributed by atoms with Crippen molar-refractivity contribution >= 4 is 49.9 Å². The molecule has 1 aliphatic carbocycles. The maximum atomic E-state index is 3.52. The SMILES string of the molecule is C1=CC2=C(CC1)c1c(n(-c3ccc(-c4ccccc4)cc3)c3ccccc13)-c1ccccc1N2c1ccc2cc(C3=CCNc4ccccc43)ccc2c1. The molecule has 1 aromatic heterocycles. The predicted octanol–water partition coefficient (Wildman–Crippen LogP) is 13.2. The van der Waals surface area contributed by atoms with Gasteiger partial charge < -0.3 is 14.8 Å². The van der Waals surface area contributed by atoms with E-state index in [1.165, 1.54) is 94.7 Å². The number of aromatic nitrogens is 1. The molecule has 2 aliphatic heterocycles. The molecular weight excluding hydrogens is 655 g/mol. The smallest absolute Gasteiger partial charge is 0.0638 e. The number of allylic oxidation sites excluding steroid dienone is 3. The lowest BCUT2D eigenvalue weighted by Gasteiger charge is -2.30. The van der Waals surface area contributed by atoms with Gasteiger partial charge in [-0.25, -0.2) is 0 Å². The second kappa shape index (κ2) is 12.4. The van der Waals surface area contributed by atoms with Crippen LogP contribution in [0.25, 0.3) is 60.9 Å². The van der Waals surface area contributed by atoms with Crippen molar-refractivity contribution in [1.29, 1.82) is 0 Å². The summed E-state index contributed by atoms with van der Waals surface area (Å²) in [7, 11) is 0. The molecule has 3 nitrogen and oxygen atoms in total. The monoisotopic (exact) mass is 691 g/mol. The molecule has 8 aromatic rings. The highest BCUT2D eigenvalue weighted by molar-refractivity contribution is 6.08. The fraction of sp³-hybridized carbons (Fsp3) is 0.0588. The van der Waals surface area contributed by atoms with E-state index >= 15 is 0 Å². The number of anilines is 3. The highest BCUT2D eigenvalue weighted by Gasteiger charge is 2.33. The average Bonchev–Trinajstić information content (AvgIpc) is 3.52. The van der Waals surface area contributed by atoms with Gasteiger partial charge in [0.05, 0.1) is 16.9 Å². The van der Waals surface area contributed by atoms with E-state index in [2.05, 4.69) is 197 Å². The van der Waals surface area contributed by atoms with Gasteiger partial charge in [0.25, 0.3) is 0 Å². The number of fused-ring (bicyclic) bond motifs is 8. The van der Waals surface area contributed by atoms with E-state index < -0.39 is 0 Å². The third-order valence-electron chi connectivity index (χ3n) is 11.4. The first-order valence-electron chi connectivity index (χ1n) is 19.0. The quantitative estimate of drug-likeness (QED) is 0.198. The lowest BCUT2D eigenvalue weighted by Crippen LogP contribution is -2.17. The van der Waals surface area contributed by atoms with Crippen LogP contribution < -0.4 is 10.2 Å². The van der Waals surface area contributed by atoms with Crippen LogP contribution in [0.4, 0.5) is 17.1 Å². The molecule has 0 atom stereocenters. The lowest BCUT2D eigenvalue weighted by molar-refractivity contribution is 1.02. The Hall–Kier alpha value is -6.84. The van der Waals surface area contributed by atoms with Crippen LogP contribution >= 0.6 is 0 Å². The van der Waals surface area contributed by atoms with Crippen molar-refractivity contribution in [2.75, 3.05) is 16.8 Å². The molecule has 54 heavy (non-hydrogen) atoms. The van der Waals surface area contributed by atoms with E-state index in [0.717, 1.165) is 25.1 Å². The summed E-state index contributed by atoms with van der Waals surface area (Å²) in [5.74, 6) is 0. The average molecular weight is 692 g/mol. The van der Waals surface area contributed by atoms with Crippen LogP contribution in [0.2, 0.25) is 0 Å². The zero-order valence-corrected chi connectivity index (χ0v) is 29.8. The fourth-order valence-electron chi connectivity index (χ4n) is 8.95. The summed E-state index contributed by atoms with van der Waals surface area (Å²) in [6.07, 6.45) is 9.01. The Morgan fingerprint density at radius 2 is 1.26 bits per heavy atom. The van der Waals surface area contributed by atoms with Gasteiger partial charge in [-0.2, -0.15) is 0 Å². The van der Waals surface area contributed by atoms with Crippen molar-refractivity contribution < 1.29 is 0 Å². The first-order valence-corrected chi connectivity index (χ1v) is 19.0. The Bertz CT molecular complexity index is 2870. The second-order valence-electron chi connectivity index (χ2n) is 14.4. The first kappa shape index (κ1) is 30.8. The van der Waals surface area contributed by atoms with Crippen molar-refractivity contribution in [3.8, 4) is 28.1 Å². The van der Waals surface area contributed by atoms with Crippen molar-refractivity contribution in [3.05, 3.63) is 204 Å². The Labute approximate surface area is 315 Å². The normalized spacial score (nSPS) is 14.5. The number of hydrogen-bond donors (Lipinski definition) is 1. The fourth-order valence-corrected chi connectivity index (χ4v) is 8.95. The second-order valence-corrected chi connectivity index (χ2v) is 14.4. The molecule has 11 rings (SSSR count). The minimum absolute atomic E-state index is 0.835. The van der Waals surface area contributed by atoms with Gasteiger partial charge in [0.2, 0.25) is 0 Å². The summed E-state index contributed by atoms with van der Waals surface area (Å²) < 4.78 is 2.50. The Morgan fingerprint density at radius 3 is 2.17 bits per heavy atom. The van der Waals surface area contributed by atoms with E-state index in [4.69, 9.17) is 0 Å². The van der Waals surface area contributed by atoms with Gasteiger partial charge in [0.1, 0.15) is 0 Å². The van der Waals surface area contributed by atoms with E-state index in [1.807, 2.05) is 0 Å². The molecule has 3 heteroatoms. The minimum atomic E-state index is 0.835. The zero-order valence-electron chi connectivity index (χ0n) is 29.8. The molecule has 0 spiro atoms. The van der Waals surface area contributed by atoms with Gasteiger partial charge >= 0.3 is 0 Å². The molecule has 0 saturated carbocycles. The topological polar surface area (TPSA) is 20.2 Å². The van der Waals surface area contributed by atoms with Gasteiger partial charge in [0.15, 0.2) is 0 Å². The predicted molar refractivity (Wildman–Crippen MR) is 228 cm³/mol. The van der Waals surface area contributed by atoms with Crippen LogP contribution in [0.15, 0.2) is 188 Å². The molecule has 256 valence electrons.